The molecule has 0 bridgehead atoms. The lowest BCUT2D eigenvalue weighted by atomic mass is 10.1. The fraction of sp³-hybridized carbons (Fsp3) is 0.222. The minimum atomic E-state index is -0.899. The molecule has 0 fully saturated rings. The standard InChI is InChI=1S/C9H11NO2S/c10-7(5-9(11)12)6-3-1-2-4-8(6)13/h1-4,7,13H,5,10H2,(H,11,12)/t7-/m0/s1. The van der Waals surface area contributed by atoms with E-state index in [1.807, 2.05) is 12.1 Å². The monoisotopic (exact) mass is 197 g/mol. The molecule has 0 unspecified atom stereocenters. The van der Waals surface area contributed by atoms with Crippen LogP contribution in [0.15, 0.2) is 29.2 Å². The van der Waals surface area contributed by atoms with Crippen LogP contribution in [0.4, 0.5) is 0 Å². The van der Waals surface area contributed by atoms with Crippen molar-refractivity contribution in [2.24, 2.45) is 5.73 Å². The van der Waals surface area contributed by atoms with E-state index in [-0.39, 0.29) is 6.42 Å². The molecule has 70 valence electrons. The van der Waals surface area contributed by atoms with E-state index in [9.17, 15) is 4.79 Å². The highest BCUT2D eigenvalue weighted by molar-refractivity contribution is 7.80. The molecule has 0 amide bonds. The van der Waals surface area contributed by atoms with Gasteiger partial charge in [-0.05, 0) is 11.6 Å². The SMILES string of the molecule is N[C@@H](CC(=O)O)c1ccccc1S. The number of nitrogens with two attached hydrogens (primary N) is 1. The van der Waals surface area contributed by atoms with Gasteiger partial charge in [0.2, 0.25) is 0 Å². The van der Waals surface area contributed by atoms with Crippen LogP contribution in [0.1, 0.15) is 18.0 Å². The second-order valence-corrected chi connectivity index (χ2v) is 3.24. The Morgan fingerprint density at radius 2 is 2.15 bits per heavy atom. The van der Waals surface area contributed by atoms with E-state index in [4.69, 9.17) is 10.8 Å². The van der Waals surface area contributed by atoms with Gasteiger partial charge >= 0.3 is 5.97 Å². The van der Waals surface area contributed by atoms with Gasteiger partial charge in [0.25, 0.3) is 0 Å². The maximum atomic E-state index is 10.4. The van der Waals surface area contributed by atoms with Crippen molar-refractivity contribution >= 4 is 18.6 Å². The minimum Gasteiger partial charge on any atom is -0.481 e. The van der Waals surface area contributed by atoms with Crippen molar-refractivity contribution in [3.63, 3.8) is 0 Å². The summed E-state index contributed by atoms with van der Waals surface area (Å²) in [5, 5.41) is 8.53. The normalized spacial score (nSPS) is 12.5. The van der Waals surface area contributed by atoms with Gasteiger partial charge in [-0.15, -0.1) is 12.6 Å². The highest BCUT2D eigenvalue weighted by Crippen LogP contribution is 2.21. The van der Waals surface area contributed by atoms with E-state index < -0.39 is 12.0 Å². The Bertz CT molecular complexity index is 314. The Labute approximate surface area is 82.0 Å². The molecule has 1 aromatic rings. The van der Waals surface area contributed by atoms with Gasteiger partial charge in [-0.1, -0.05) is 18.2 Å². The van der Waals surface area contributed by atoms with Gasteiger partial charge in [-0.2, -0.15) is 0 Å². The Morgan fingerprint density at radius 1 is 1.54 bits per heavy atom. The maximum absolute atomic E-state index is 10.4. The third kappa shape index (κ3) is 2.75. The summed E-state index contributed by atoms with van der Waals surface area (Å²) in [6, 6.07) is 6.75. The average Bonchev–Trinajstić information content (AvgIpc) is 2.03. The van der Waals surface area contributed by atoms with Crippen molar-refractivity contribution in [1.82, 2.24) is 0 Å². The first-order valence-corrected chi connectivity index (χ1v) is 4.31. The van der Waals surface area contributed by atoms with Crippen molar-refractivity contribution < 1.29 is 9.90 Å². The summed E-state index contributed by atoms with van der Waals surface area (Å²) in [6.07, 6.45) is -0.0719. The van der Waals surface area contributed by atoms with E-state index in [1.165, 1.54) is 0 Å². The van der Waals surface area contributed by atoms with Crippen molar-refractivity contribution in [3.05, 3.63) is 29.8 Å². The van der Waals surface area contributed by atoms with Crippen LogP contribution in [0.5, 0.6) is 0 Å². The average molecular weight is 197 g/mol. The van der Waals surface area contributed by atoms with Gasteiger partial charge < -0.3 is 10.8 Å². The molecule has 13 heavy (non-hydrogen) atoms. The smallest absolute Gasteiger partial charge is 0.305 e. The molecule has 0 spiro atoms. The van der Waals surface area contributed by atoms with E-state index >= 15 is 0 Å². The zero-order valence-corrected chi connectivity index (χ0v) is 7.87. The van der Waals surface area contributed by atoms with Crippen LogP contribution in [0.3, 0.4) is 0 Å². The van der Waals surface area contributed by atoms with Crippen LogP contribution in [0, 0.1) is 0 Å². The van der Waals surface area contributed by atoms with Gasteiger partial charge in [0, 0.05) is 10.9 Å². The molecule has 0 aliphatic rings. The molecule has 0 saturated carbocycles. The van der Waals surface area contributed by atoms with Gasteiger partial charge in [-0.3, -0.25) is 4.79 Å². The topological polar surface area (TPSA) is 63.3 Å². The Kier molecular flexibility index (Phi) is 3.33. The van der Waals surface area contributed by atoms with E-state index in [2.05, 4.69) is 12.6 Å². The molecule has 3 N–H and O–H groups in total. The molecule has 0 aliphatic heterocycles. The number of carboxylic acid groups (broad SMARTS) is 1. The molecular weight excluding hydrogens is 186 g/mol. The lowest BCUT2D eigenvalue weighted by Crippen LogP contribution is -2.15. The Balaban J connectivity index is 2.82. The number of thiol groups is 1. The van der Waals surface area contributed by atoms with E-state index in [0.29, 0.717) is 0 Å². The third-order valence-corrected chi connectivity index (χ3v) is 2.14. The van der Waals surface area contributed by atoms with Gasteiger partial charge in [0.05, 0.1) is 6.42 Å². The second-order valence-electron chi connectivity index (χ2n) is 2.76. The van der Waals surface area contributed by atoms with Crippen LogP contribution in [0.2, 0.25) is 0 Å². The number of carbonyl (C=O) groups is 1. The van der Waals surface area contributed by atoms with Crippen molar-refractivity contribution in [1.29, 1.82) is 0 Å². The number of rotatable bonds is 3. The van der Waals surface area contributed by atoms with Crippen molar-refractivity contribution in [3.8, 4) is 0 Å². The maximum Gasteiger partial charge on any atom is 0.305 e. The van der Waals surface area contributed by atoms with Gasteiger partial charge in [-0.25, -0.2) is 0 Å². The third-order valence-electron chi connectivity index (χ3n) is 1.73. The van der Waals surface area contributed by atoms with Crippen molar-refractivity contribution in [2.75, 3.05) is 0 Å². The summed E-state index contributed by atoms with van der Waals surface area (Å²) >= 11 is 4.19. The van der Waals surface area contributed by atoms with Crippen LogP contribution in [-0.4, -0.2) is 11.1 Å². The fourth-order valence-electron chi connectivity index (χ4n) is 1.10. The predicted octanol–water partition coefficient (Wildman–Crippen LogP) is 1.45. The first-order valence-electron chi connectivity index (χ1n) is 3.86. The molecular formula is C9H11NO2S. The first-order chi connectivity index (χ1) is 6.11. The first kappa shape index (κ1) is 10.1. The summed E-state index contributed by atoms with van der Waals surface area (Å²) in [4.78, 5) is 11.1. The Morgan fingerprint density at radius 3 is 2.69 bits per heavy atom. The van der Waals surface area contributed by atoms with E-state index in [0.717, 1.165) is 10.5 Å². The van der Waals surface area contributed by atoms with Crippen molar-refractivity contribution in [2.45, 2.75) is 17.4 Å². The molecule has 0 aromatic heterocycles. The molecule has 0 saturated heterocycles. The molecule has 1 aromatic carbocycles. The predicted molar refractivity (Wildman–Crippen MR) is 52.9 cm³/mol. The summed E-state index contributed by atoms with van der Waals surface area (Å²) in [6.45, 7) is 0. The summed E-state index contributed by atoms with van der Waals surface area (Å²) in [7, 11) is 0. The van der Waals surface area contributed by atoms with Crippen LogP contribution in [0.25, 0.3) is 0 Å². The fourth-order valence-corrected chi connectivity index (χ4v) is 1.43. The van der Waals surface area contributed by atoms with Crippen LogP contribution in [-0.2, 0) is 4.79 Å². The molecule has 0 heterocycles. The molecule has 0 aliphatic carbocycles. The van der Waals surface area contributed by atoms with Gasteiger partial charge in [0.15, 0.2) is 0 Å². The number of carboxylic acids is 1. The summed E-state index contributed by atoms with van der Waals surface area (Å²) < 4.78 is 0. The summed E-state index contributed by atoms with van der Waals surface area (Å²) in [5.41, 5.74) is 6.44. The second kappa shape index (κ2) is 4.30. The quantitative estimate of drug-likeness (QED) is 0.643. The number of aliphatic carboxylic acids is 1. The molecule has 4 heteroatoms. The molecule has 1 rings (SSSR count). The van der Waals surface area contributed by atoms with Crippen LogP contribution < -0.4 is 5.73 Å². The highest BCUT2D eigenvalue weighted by Gasteiger charge is 2.12. The molecule has 3 nitrogen and oxygen atoms in total. The lowest BCUT2D eigenvalue weighted by molar-refractivity contribution is -0.137. The molecule has 1 atom stereocenters. The largest absolute Gasteiger partial charge is 0.481 e. The number of hydrogen-bond acceptors (Lipinski definition) is 3. The zero-order valence-electron chi connectivity index (χ0n) is 6.97. The Hall–Kier alpha value is -1.00. The van der Waals surface area contributed by atoms with E-state index in [1.54, 1.807) is 12.1 Å². The minimum absolute atomic E-state index is 0.0719. The van der Waals surface area contributed by atoms with Gasteiger partial charge in [0.1, 0.15) is 0 Å². The number of benzene rings is 1. The number of hydrogen-bond donors (Lipinski definition) is 3. The molecule has 0 radical (unpaired) electrons. The summed E-state index contributed by atoms with van der Waals surface area (Å²) in [5.74, 6) is -0.899. The highest BCUT2D eigenvalue weighted by atomic mass is 32.1. The zero-order chi connectivity index (χ0) is 9.84. The lowest BCUT2D eigenvalue weighted by Gasteiger charge is -2.11. The van der Waals surface area contributed by atoms with Crippen LogP contribution >= 0.6 is 12.6 Å².